The molecule has 0 amide bonds. The number of anilines is 1. The van der Waals surface area contributed by atoms with E-state index in [4.69, 9.17) is 17.3 Å². The van der Waals surface area contributed by atoms with Gasteiger partial charge in [-0.05, 0) is 31.4 Å². The molecule has 0 aromatic carbocycles. The summed E-state index contributed by atoms with van der Waals surface area (Å²) in [6, 6.07) is 0.874. The second-order valence-corrected chi connectivity index (χ2v) is 4.87. The fourth-order valence-corrected chi connectivity index (χ4v) is 1.73. The topological polar surface area (TPSA) is 50.9 Å². The lowest BCUT2D eigenvalue weighted by Gasteiger charge is -2.12. The van der Waals surface area contributed by atoms with E-state index in [0.29, 0.717) is 19.0 Å². The molecule has 1 atom stereocenters. The van der Waals surface area contributed by atoms with Crippen molar-refractivity contribution in [2.45, 2.75) is 25.9 Å². The van der Waals surface area contributed by atoms with Gasteiger partial charge in [0.15, 0.2) is 0 Å². The van der Waals surface area contributed by atoms with Crippen LogP contribution in [0.3, 0.4) is 0 Å². The Morgan fingerprint density at radius 1 is 1.47 bits per heavy atom. The lowest BCUT2D eigenvalue weighted by molar-refractivity contribution is -0.137. The van der Waals surface area contributed by atoms with Gasteiger partial charge in [0.05, 0.1) is 10.6 Å². The smallest absolute Gasteiger partial charge is 0.369 e. The maximum Gasteiger partial charge on any atom is 0.417 e. The Morgan fingerprint density at radius 2 is 2.16 bits per heavy atom. The number of rotatable bonds is 6. The minimum Gasteiger partial charge on any atom is -0.369 e. The molecule has 0 saturated heterocycles. The Kier molecular flexibility index (Phi) is 5.87. The number of nitrogens with two attached hydrogens (primary N) is 1. The van der Waals surface area contributed by atoms with Gasteiger partial charge in [-0.2, -0.15) is 13.2 Å². The second kappa shape index (κ2) is 6.96. The number of hydrogen-bond acceptors (Lipinski definition) is 3. The SMILES string of the molecule is CC(CN)CCCNc1ncc(C(F)(F)F)cc1Cl. The fourth-order valence-electron chi connectivity index (χ4n) is 1.50. The summed E-state index contributed by atoms with van der Waals surface area (Å²) < 4.78 is 37.2. The number of aromatic nitrogens is 1. The molecule has 7 heteroatoms. The van der Waals surface area contributed by atoms with Crippen LogP contribution in [0.4, 0.5) is 19.0 Å². The maximum absolute atomic E-state index is 12.4. The molecule has 0 aliphatic carbocycles. The summed E-state index contributed by atoms with van der Waals surface area (Å²) in [6.45, 7) is 3.27. The first-order chi connectivity index (χ1) is 8.84. The average Bonchev–Trinajstić information content (AvgIpc) is 2.34. The molecule has 0 spiro atoms. The lowest BCUT2D eigenvalue weighted by atomic mass is 10.1. The number of pyridine rings is 1. The predicted molar refractivity (Wildman–Crippen MR) is 70.2 cm³/mol. The monoisotopic (exact) mass is 295 g/mol. The normalized spacial score (nSPS) is 13.4. The zero-order valence-electron chi connectivity index (χ0n) is 10.6. The van der Waals surface area contributed by atoms with Crippen LogP contribution < -0.4 is 11.1 Å². The van der Waals surface area contributed by atoms with Crippen molar-refractivity contribution in [1.82, 2.24) is 4.98 Å². The molecule has 1 aromatic rings. The van der Waals surface area contributed by atoms with Crippen LogP contribution in [0.15, 0.2) is 12.3 Å². The van der Waals surface area contributed by atoms with Crippen LogP contribution in [0.25, 0.3) is 0 Å². The van der Waals surface area contributed by atoms with Crippen LogP contribution in [0.1, 0.15) is 25.3 Å². The Labute approximate surface area is 115 Å². The Bertz CT molecular complexity index is 410. The highest BCUT2D eigenvalue weighted by Crippen LogP contribution is 2.32. The van der Waals surface area contributed by atoms with Crippen molar-refractivity contribution < 1.29 is 13.2 Å². The van der Waals surface area contributed by atoms with Gasteiger partial charge in [-0.25, -0.2) is 4.98 Å². The van der Waals surface area contributed by atoms with Crippen molar-refractivity contribution in [3.63, 3.8) is 0 Å². The van der Waals surface area contributed by atoms with E-state index < -0.39 is 11.7 Å². The van der Waals surface area contributed by atoms with Gasteiger partial charge in [-0.1, -0.05) is 18.5 Å². The fraction of sp³-hybridized carbons (Fsp3) is 0.583. The first-order valence-electron chi connectivity index (χ1n) is 6.01. The lowest BCUT2D eigenvalue weighted by Crippen LogP contribution is -2.13. The summed E-state index contributed by atoms with van der Waals surface area (Å²) in [5, 5.41) is 2.89. The molecule has 1 rings (SSSR count). The highest BCUT2D eigenvalue weighted by Gasteiger charge is 2.31. The molecule has 1 heterocycles. The molecule has 0 aliphatic heterocycles. The first-order valence-corrected chi connectivity index (χ1v) is 6.39. The highest BCUT2D eigenvalue weighted by molar-refractivity contribution is 6.32. The molecule has 0 saturated carbocycles. The minimum atomic E-state index is -4.42. The van der Waals surface area contributed by atoms with Gasteiger partial charge >= 0.3 is 6.18 Å². The maximum atomic E-state index is 12.4. The summed E-state index contributed by atoms with van der Waals surface area (Å²) >= 11 is 5.76. The number of hydrogen-bond donors (Lipinski definition) is 2. The van der Waals surface area contributed by atoms with E-state index in [9.17, 15) is 13.2 Å². The number of halogens is 4. The van der Waals surface area contributed by atoms with Crippen molar-refractivity contribution >= 4 is 17.4 Å². The molecular weight excluding hydrogens is 279 g/mol. The summed E-state index contributed by atoms with van der Waals surface area (Å²) in [7, 11) is 0. The molecule has 3 nitrogen and oxygen atoms in total. The van der Waals surface area contributed by atoms with Gasteiger partial charge in [0, 0.05) is 12.7 Å². The van der Waals surface area contributed by atoms with Crippen LogP contribution in [-0.4, -0.2) is 18.1 Å². The third-order valence-electron chi connectivity index (χ3n) is 2.74. The Balaban J connectivity index is 2.52. The Hall–Kier alpha value is -1.01. The molecule has 1 aromatic heterocycles. The van der Waals surface area contributed by atoms with E-state index in [2.05, 4.69) is 10.3 Å². The molecule has 0 fully saturated rings. The van der Waals surface area contributed by atoms with Crippen LogP contribution >= 0.6 is 11.6 Å². The van der Waals surface area contributed by atoms with Crippen molar-refractivity contribution in [1.29, 1.82) is 0 Å². The number of alkyl halides is 3. The average molecular weight is 296 g/mol. The van der Waals surface area contributed by atoms with Crippen molar-refractivity contribution in [3.8, 4) is 0 Å². The van der Waals surface area contributed by atoms with Gasteiger partial charge < -0.3 is 11.1 Å². The number of nitrogens with zero attached hydrogens (tertiary/aromatic N) is 1. The molecular formula is C12H17ClF3N3. The van der Waals surface area contributed by atoms with Crippen LogP contribution in [0.2, 0.25) is 5.02 Å². The quantitative estimate of drug-likeness (QED) is 0.789. The van der Waals surface area contributed by atoms with Crippen molar-refractivity contribution in [2.75, 3.05) is 18.4 Å². The predicted octanol–water partition coefficient (Wildman–Crippen LogP) is 3.54. The summed E-state index contributed by atoms with van der Waals surface area (Å²) in [5.41, 5.74) is 4.64. The van der Waals surface area contributed by atoms with E-state index in [0.717, 1.165) is 25.1 Å². The van der Waals surface area contributed by atoms with E-state index >= 15 is 0 Å². The van der Waals surface area contributed by atoms with Crippen LogP contribution in [0.5, 0.6) is 0 Å². The van der Waals surface area contributed by atoms with E-state index in [1.807, 2.05) is 6.92 Å². The third kappa shape index (κ3) is 5.24. The van der Waals surface area contributed by atoms with E-state index in [1.165, 1.54) is 0 Å². The van der Waals surface area contributed by atoms with Crippen molar-refractivity contribution in [2.24, 2.45) is 11.7 Å². The largest absolute Gasteiger partial charge is 0.417 e. The molecule has 19 heavy (non-hydrogen) atoms. The molecule has 108 valence electrons. The molecule has 0 aliphatic rings. The van der Waals surface area contributed by atoms with Crippen molar-refractivity contribution in [3.05, 3.63) is 22.8 Å². The third-order valence-corrected chi connectivity index (χ3v) is 3.03. The zero-order valence-corrected chi connectivity index (χ0v) is 11.4. The van der Waals surface area contributed by atoms with Crippen LogP contribution in [-0.2, 0) is 6.18 Å². The van der Waals surface area contributed by atoms with Gasteiger partial charge in [-0.15, -0.1) is 0 Å². The molecule has 3 N–H and O–H groups in total. The first kappa shape index (κ1) is 16.0. The van der Waals surface area contributed by atoms with Gasteiger partial charge in [0.25, 0.3) is 0 Å². The van der Waals surface area contributed by atoms with E-state index in [1.54, 1.807) is 0 Å². The Morgan fingerprint density at radius 3 is 2.68 bits per heavy atom. The van der Waals surface area contributed by atoms with Gasteiger partial charge in [-0.3, -0.25) is 0 Å². The standard InChI is InChI=1S/C12H17ClF3N3/c1-8(6-17)3-2-4-18-11-10(13)5-9(7-19-11)12(14,15)16/h5,7-8H,2-4,6,17H2,1H3,(H,18,19). The highest BCUT2D eigenvalue weighted by atomic mass is 35.5. The van der Waals surface area contributed by atoms with E-state index in [-0.39, 0.29) is 10.8 Å². The van der Waals surface area contributed by atoms with Gasteiger partial charge in [0.1, 0.15) is 5.82 Å². The second-order valence-electron chi connectivity index (χ2n) is 4.46. The summed E-state index contributed by atoms with van der Waals surface area (Å²) in [4.78, 5) is 3.69. The number of nitrogens with one attached hydrogen (secondary N) is 1. The zero-order chi connectivity index (χ0) is 14.5. The molecule has 0 bridgehead atoms. The molecule has 1 unspecified atom stereocenters. The van der Waals surface area contributed by atoms with Gasteiger partial charge in [0.2, 0.25) is 0 Å². The summed E-state index contributed by atoms with van der Waals surface area (Å²) in [6.07, 6.45) is -1.85. The molecule has 0 radical (unpaired) electrons. The van der Waals surface area contributed by atoms with Crippen LogP contribution in [0, 0.1) is 5.92 Å². The summed E-state index contributed by atoms with van der Waals surface area (Å²) in [5.74, 6) is 0.702. The minimum absolute atomic E-state index is 0.0262.